The Morgan fingerprint density at radius 3 is 2.82 bits per heavy atom. The van der Waals surface area contributed by atoms with E-state index >= 15 is 0 Å². The Morgan fingerprint density at radius 2 is 2.09 bits per heavy atom. The molecular weight excluding hydrogens is 436 g/mol. The van der Waals surface area contributed by atoms with Gasteiger partial charge in [-0.3, -0.25) is 9.69 Å². The van der Waals surface area contributed by atoms with Crippen molar-refractivity contribution in [3.05, 3.63) is 51.7 Å². The van der Waals surface area contributed by atoms with E-state index in [1.54, 1.807) is 11.3 Å². The molecule has 2 atom stereocenters. The molecule has 182 valence electrons. The van der Waals surface area contributed by atoms with Crippen LogP contribution in [0, 0.1) is 6.92 Å². The number of benzene rings is 1. The van der Waals surface area contributed by atoms with Crippen LogP contribution >= 0.6 is 11.3 Å². The molecule has 1 aromatic heterocycles. The van der Waals surface area contributed by atoms with Crippen molar-refractivity contribution < 1.29 is 19.4 Å². The van der Waals surface area contributed by atoms with Crippen molar-refractivity contribution in [1.29, 1.82) is 0 Å². The maximum absolute atomic E-state index is 13.5. The fourth-order valence-corrected chi connectivity index (χ4v) is 5.18. The summed E-state index contributed by atoms with van der Waals surface area (Å²) in [5.41, 5.74) is 2.28. The molecule has 2 heterocycles. The van der Waals surface area contributed by atoms with E-state index in [0.717, 1.165) is 30.7 Å². The van der Waals surface area contributed by atoms with Gasteiger partial charge in [-0.15, -0.1) is 11.3 Å². The van der Waals surface area contributed by atoms with Crippen molar-refractivity contribution in [2.75, 3.05) is 39.4 Å². The summed E-state index contributed by atoms with van der Waals surface area (Å²) in [6.07, 6.45) is 1.25. The molecule has 1 aliphatic rings. The van der Waals surface area contributed by atoms with Crippen LogP contribution < -0.4 is 4.74 Å². The molecule has 33 heavy (non-hydrogen) atoms. The molecule has 1 N–H and O–H groups in total. The molecule has 0 bridgehead atoms. The highest BCUT2D eigenvalue weighted by Gasteiger charge is 2.33. The van der Waals surface area contributed by atoms with Crippen LogP contribution in [0.5, 0.6) is 5.75 Å². The largest absolute Gasteiger partial charge is 0.491 e. The number of nitrogens with zero attached hydrogens (tertiary/aromatic N) is 2. The van der Waals surface area contributed by atoms with Gasteiger partial charge in [0.1, 0.15) is 12.4 Å². The lowest BCUT2D eigenvalue weighted by Gasteiger charge is -2.37. The van der Waals surface area contributed by atoms with Crippen LogP contribution in [-0.2, 0) is 16.0 Å². The molecule has 7 heteroatoms. The normalized spacial score (nSPS) is 16.8. The predicted molar refractivity (Wildman–Crippen MR) is 133 cm³/mol. The number of carbonyl (C=O) groups is 1. The van der Waals surface area contributed by atoms with Gasteiger partial charge in [-0.25, -0.2) is 0 Å². The third kappa shape index (κ3) is 7.27. The fraction of sp³-hybridized carbons (Fsp3) is 0.577. The summed E-state index contributed by atoms with van der Waals surface area (Å²) in [7, 11) is 0. The lowest BCUT2D eigenvalue weighted by atomic mass is 10.00. The van der Waals surface area contributed by atoms with E-state index in [1.807, 2.05) is 54.8 Å². The van der Waals surface area contributed by atoms with Crippen molar-refractivity contribution in [3.63, 3.8) is 0 Å². The Balaban J connectivity index is 1.68. The molecule has 1 aliphatic heterocycles. The highest BCUT2D eigenvalue weighted by atomic mass is 32.1. The van der Waals surface area contributed by atoms with Crippen LogP contribution in [-0.4, -0.2) is 72.4 Å². The quantitative estimate of drug-likeness (QED) is 0.503. The Hall–Kier alpha value is -1.93. The zero-order valence-electron chi connectivity index (χ0n) is 20.3. The smallest absolute Gasteiger partial charge is 0.237 e. The molecule has 1 amide bonds. The van der Waals surface area contributed by atoms with Gasteiger partial charge in [0.05, 0.1) is 31.4 Å². The summed E-state index contributed by atoms with van der Waals surface area (Å²) in [4.78, 5) is 18.8. The van der Waals surface area contributed by atoms with Crippen molar-refractivity contribution in [1.82, 2.24) is 9.80 Å². The molecule has 2 aromatic rings. The number of ether oxygens (including phenoxy) is 2. The number of aliphatic hydroxyl groups excluding tert-OH is 1. The van der Waals surface area contributed by atoms with E-state index < -0.39 is 6.10 Å². The van der Waals surface area contributed by atoms with Crippen LogP contribution in [0.3, 0.4) is 0 Å². The molecule has 0 aliphatic carbocycles. The number of rotatable bonds is 12. The first-order valence-electron chi connectivity index (χ1n) is 11.9. The third-order valence-electron chi connectivity index (χ3n) is 5.90. The molecule has 6 nitrogen and oxygen atoms in total. The van der Waals surface area contributed by atoms with Gasteiger partial charge in [-0.1, -0.05) is 25.1 Å². The zero-order valence-corrected chi connectivity index (χ0v) is 21.1. The molecule has 0 radical (unpaired) electrons. The molecule has 3 rings (SSSR count). The Labute approximate surface area is 202 Å². The maximum atomic E-state index is 13.5. The van der Waals surface area contributed by atoms with Gasteiger partial charge in [0.25, 0.3) is 0 Å². The second-order valence-corrected chi connectivity index (χ2v) is 10.0. The second kappa shape index (κ2) is 12.5. The van der Waals surface area contributed by atoms with Gasteiger partial charge in [-0.05, 0) is 68.8 Å². The van der Waals surface area contributed by atoms with Gasteiger partial charge in [-0.2, -0.15) is 0 Å². The maximum Gasteiger partial charge on any atom is 0.237 e. The van der Waals surface area contributed by atoms with E-state index in [0.29, 0.717) is 19.7 Å². The SMILES string of the molecule is CCCN(CC(=O)N1CCc2sccc2[C@H]1COc1ccccc1C)C[C@H](O)COC(C)C. The van der Waals surface area contributed by atoms with Gasteiger partial charge in [0.2, 0.25) is 5.91 Å². The van der Waals surface area contributed by atoms with Crippen LogP contribution in [0.4, 0.5) is 0 Å². The first-order chi connectivity index (χ1) is 15.9. The van der Waals surface area contributed by atoms with Crippen LogP contribution in [0.2, 0.25) is 0 Å². The second-order valence-electron chi connectivity index (χ2n) is 9.00. The summed E-state index contributed by atoms with van der Waals surface area (Å²) >= 11 is 1.75. The molecule has 0 saturated carbocycles. The van der Waals surface area contributed by atoms with E-state index in [-0.39, 0.29) is 31.2 Å². The van der Waals surface area contributed by atoms with E-state index in [4.69, 9.17) is 9.47 Å². The van der Waals surface area contributed by atoms with E-state index in [9.17, 15) is 9.90 Å². The number of para-hydroxylation sites is 1. The zero-order chi connectivity index (χ0) is 23.8. The lowest BCUT2D eigenvalue weighted by Crippen LogP contribution is -2.48. The van der Waals surface area contributed by atoms with Crippen molar-refractivity contribution >= 4 is 17.2 Å². The summed E-state index contributed by atoms with van der Waals surface area (Å²) in [6.45, 7) is 10.9. The Morgan fingerprint density at radius 1 is 1.30 bits per heavy atom. The topological polar surface area (TPSA) is 62.2 Å². The van der Waals surface area contributed by atoms with Crippen LogP contribution in [0.1, 0.15) is 49.2 Å². The average Bonchev–Trinajstić information content (AvgIpc) is 3.26. The number of hydrogen-bond donors (Lipinski definition) is 1. The minimum Gasteiger partial charge on any atom is -0.491 e. The highest BCUT2D eigenvalue weighted by molar-refractivity contribution is 7.10. The molecule has 1 aromatic carbocycles. The monoisotopic (exact) mass is 474 g/mol. The number of carbonyl (C=O) groups excluding carboxylic acids is 1. The molecule has 0 unspecified atom stereocenters. The van der Waals surface area contributed by atoms with Crippen LogP contribution in [0.15, 0.2) is 35.7 Å². The highest BCUT2D eigenvalue weighted by Crippen LogP contribution is 2.34. The molecule has 0 fully saturated rings. The third-order valence-corrected chi connectivity index (χ3v) is 6.89. The Bertz CT molecular complexity index is 885. The first kappa shape index (κ1) is 25.7. The fourth-order valence-electron chi connectivity index (χ4n) is 4.25. The number of fused-ring (bicyclic) bond motifs is 1. The Kier molecular flexibility index (Phi) is 9.74. The van der Waals surface area contributed by atoms with Gasteiger partial charge < -0.3 is 19.5 Å². The average molecular weight is 475 g/mol. The summed E-state index contributed by atoms with van der Waals surface area (Å²) in [6, 6.07) is 10.00. The number of aryl methyl sites for hydroxylation is 1. The van der Waals surface area contributed by atoms with Crippen molar-refractivity contribution in [2.24, 2.45) is 0 Å². The van der Waals surface area contributed by atoms with Crippen LogP contribution in [0.25, 0.3) is 0 Å². The van der Waals surface area contributed by atoms with Gasteiger partial charge in [0, 0.05) is 18.0 Å². The number of aliphatic hydroxyl groups is 1. The minimum atomic E-state index is -0.614. The number of hydrogen-bond acceptors (Lipinski definition) is 6. The van der Waals surface area contributed by atoms with Crippen molar-refractivity contribution in [2.45, 2.75) is 58.8 Å². The summed E-state index contributed by atoms with van der Waals surface area (Å²) in [5.74, 6) is 0.934. The molecule has 0 spiro atoms. The first-order valence-corrected chi connectivity index (χ1v) is 12.8. The molecular formula is C26H38N2O4S. The standard InChI is InChI=1S/C26H38N2O4S/c1-5-12-27(15-21(29)17-31-19(2)3)16-26(30)28-13-10-25-22(11-14-33-25)23(28)18-32-24-9-7-6-8-20(24)4/h6-9,11,14,19,21,23,29H,5,10,12-13,15-18H2,1-4H3/t21-,23+/m0/s1. The van der Waals surface area contributed by atoms with Gasteiger partial charge >= 0.3 is 0 Å². The minimum absolute atomic E-state index is 0.0723. The number of thiophene rings is 1. The predicted octanol–water partition coefficient (Wildman–Crippen LogP) is 4.06. The van der Waals surface area contributed by atoms with E-state index in [1.165, 1.54) is 10.4 Å². The molecule has 0 saturated heterocycles. The number of amides is 1. The lowest BCUT2D eigenvalue weighted by molar-refractivity contribution is -0.136. The summed E-state index contributed by atoms with van der Waals surface area (Å²) < 4.78 is 11.7. The van der Waals surface area contributed by atoms with Crippen molar-refractivity contribution in [3.8, 4) is 5.75 Å². The van der Waals surface area contributed by atoms with Gasteiger partial charge in [0.15, 0.2) is 0 Å². The summed E-state index contributed by atoms with van der Waals surface area (Å²) in [5, 5.41) is 12.5. The van der Waals surface area contributed by atoms with E-state index in [2.05, 4.69) is 18.4 Å².